The summed E-state index contributed by atoms with van der Waals surface area (Å²) in [5.41, 5.74) is -0.0673. The van der Waals surface area contributed by atoms with E-state index in [-0.39, 0.29) is 29.6 Å². The number of rotatable bonds is 6. The molecule has 1 heterocycles. The van der Waals surface area contributed by atoms with Crippen molar-refractivity contribution in [2.24, 2.45) is 0 Å². The fraction of sp³-hybridized carbons (Fsp3) is 0.200. The molecular formula is C20H15ClF3NO4. The number of esters is 1. The number of benzene rings is 2. The third-order valence-electron chi connectivity index (χ3n) is 4.23. The first-order valence-corrected chi connectivity index (χ1v) is 8.80. The molecule has 3 aromatic rings. The molecule has 29 heavy (non-hydrogen) atoms. The summed E-state index contributed by atoms with van der Waals surface area (Å²) >= 11 is 6.02. The van der Waals surface area contributed by atoms with Gasteiger partial charge in [-0.3, -0.25) is 4.79 Å². The van der Waals surface area contributed by atoms with Crippen LogP contribution in [0, 0.1) is 0 Å². The van der Waals surface area contributed by atoms with Crippen LogP contribution in [0.1, 0.15) is 20.7 Å². The summed E-state index contributed by atoms with van der Waals surface area (Å²) in [5.74, 6) is -2.18. The second kappa shape index (κ2) is 8.16. The third-order valence-corrected chi connectivity index (χ3v) is 4.54. The minimum atomic E-state index is -5.02. The summed E-state index contributed by atoms with van der Waals surface area (Å²) < 4.78 is 50.6. The highest BCUT2D eigenvalue weighted by Crippen LogP contribution is 2.30. The summed E-state index contributed by atoms with van der Waals surface area (Å²) in [7, 11) is 1.20. The maximum Gasteiger partial charge on any atom is 0.454 e. The monoisotopic (exact) mass is 425 g/mol. The van der Waals surface area contributed by atoms with Crippen molar-refractivity contribution in [1.82, 2.24) is 4.57 Å². The molecule has 0 aliphatic carbocycles. The molecule has 0 saturated carbocycles. The lowest BCUT2D eigenvalue weighted by Gasteiger charge is -2.10. The van der Waals surface area contributed by atoms with E-state index in [1.54, 1.807) is 24.3 Å². The SMILES string of the molecule is COC(=O)c1ccc2c(C(=O)C(F)(F)F)cn(CCOc3ccccc3Cl)c2c1. The van der Waals surface area contributed by atoms with Gasteiger partial charge in [0.25, 0.3) is 5.78 Å². The van der Waals surface area contributed by atoms with Crippen LogP contribution in [0.2, 0.25) is 5.02 Å². The first-order chi connectivity index (χ1) is 13.7. The molecule has 1 aromatic heterocycles. The average Bonchev–Trinajstić information content (AvgIpc) is 3.05. The Bertz CT molecular complexity index is 1080. The van der Waals surface area contributed by atoms with Gasteiger partial charge in [-0.2, -0.15) is 13.2 Å². The minimum Gasteiger partial charge on any atom is -0.490 e. The van der Waals surface area contributed by atoms with E-state index in [0.29, 0.717) is 10.8 Å². The van der Waals surface area contributed by atoms with Crippen LogP contribution in [0.5, 0.6) is 5.75 Å². The summed E-state index contributed by atoms with van der Waals surface area (Å²) in [4.78, 5) is 23.6. The maximum absolute atomic E-state index is 13.0. The molecule has 0 saturated heterocycles. The molecule has 0 N–H and O–H groups in total. The zero-order chi connectivity index (χ0) is 21.2. The van der Waals surface area contributed by atoms with Crippen molar-refractivity contribution in [3.63, 3.8) is 0 Å². The molecule has 0 aliphatic rings. The zero-order valence-corrected chi connectivity index (χ0v) is 15.9. The van der Waals surface area contributed by atoms with Crippen LogP contribution in [-0.4, -0.2) is 36.2 Å². The van der Waals surface area contributed by atoms with Gasteiger partial charge in [0.1, 0.15) is 12.4 Å². The van der Waals surface area contributed by atoms with Gasteiger partial charge in [-0.1, -0.05) is 29.8 Å². The van der Waals surface area contributed by atoms with Gasteiger partial charge in [0, 0.05) is 17.1 Å². The highest BCUT2D eigenvalue weighted by molar-refractivity contribution is 6.32. The van der Waals surface area contributed by atoms with Crippen molar-refractivity contribution in [2.45, 2.75) is 12.7 Å². The number of para-hydroxylation sites is 1. The fourth-order valence-electron chi connectivity index (χ4n) is 2.87. The predicted molar refractivity (Wildman–Crippen MR) is 101 cm³/mol. The van der Waals surface area contributed by atoms with Gasteiger partial charge in [-0.25, -0.2) is 4.79 Å². The minimum absolute atomic E-state index is 0.0790. The number of nitrogens with zero attached hydrogens (tertiary/aromatic N) is 1. The standard InChI is InChI=1S/C20H15ClF3NO4/c1-28-19(27)12-6-7-13-14(18(26)20(22,23)24)11-25(16(13)10-12)8-9-29-17-5-3-2-4-15(17)21/h2-7,10-11H,8-9H2,1H3. The van der Waals surface area contributed by atoms with Crippen LogP contribution in [-0.2, 0) is 11.3 Å². The molecule has 0 unspecified atom stereocenters. The second-order valence-corrected chi connectivity index (χ2v) is 6.47. The number of methoxy groups -OCH3 is 1. The number of Topliss-reactive ketones (excluding diaryl/α,β-unsaturated/α-hetero) is 1. The Kier molecular flexibility index (Phi) is 5.83. The van der Waals surface area contributed by atoms with Gasteiger partial charge in [0.2, 0.25) is 0 Å². The highest BCUT2D eigenvalue weighted by Gasteiger charge is 2.40. The molecule has 5 nitrogen and oxygen atoms in total. The molecular weight excluding hydrogens is 411 g/mol. The Labute approximate surface area is 168 Å². The lowest BCUT2D eigenvalue weighted by Crippen LogP contribution is -2.22. The Morgan fingerprint density at radius 2 is 1.86 bits per heavy atom. The highest BCUT2D eigenvalue weighted by atomic mass is 35.5. The number of ketones is 1. The lowest BCUT2D eigenvalue weighted by molar-refractivity contribution is -0.0884. The molecule has 0 spiro atoms. The molecule has 152 valence electrons. The molecule has 0 aliphatic heterocycles. The molecule has 0 radical (unpaired) electrons. The number of alkyl halides is 3. The summed E-state index contributed by atoms with van der Waals surface area (Å²) in [6, 6.07) is 10.8. The van der Waals surface area contributed by atoms with Gasteiger partial charge >= 0.3 is 12.1 Å². The van der Waals surface area contributed by atoms with Crippen LogP contribution in [0.25, 0.3) is 10.9 Å². The van der Waals surface area contributed by atoms with E-state index in [2.05, 4.69) is 4.74 Å². The number of halogens is 4. The zero-order valence-electron chi connectivity index (χ0n) is 15.1. The number of aromatic nitrogens is 1. The lowest BCUT2D eigenvalue weighted by atomic mass is 10.1. The number of fused-ring (bicyclic) bond motifs is 1. The molecule has 2 aromatic carbocycles. The second-order valence-electron chi connectivity index (χ2n) is 6.07. The largest absolute Gasteiger partial charge is 0.490 e. The molecule has 9 heteroatoms. The van der Waals surface area contributed by atoms with E-state index in [0.717, 1.165) is 6.20 Å². The predicted octanol–water partition coefficient (Wildman–Crippen LogP) is 4.91. The summed E-state index contributed by atoms with van der Waals surface area (Å²) in [6.07, 6.45) is -3.91. The number of carbonyl (C=O) groups is 2. The van der Waals surface area contributed by atoms with Crippen LogP contribution < -0.4 is 4.74 Å². The fourth-order valence-corrected chi connectivity index (χ4v) is 3.06. The van der Waals surface area contributed by atoms with Crippen LogP contribution in [0.4, 0.5) is 13.2 Å². The molecule has 0 amide bonds. The number of carbonyl (C=O) groups excluding carboxylic acids is 2. The van der Waals surface area contributed by atoms with Gasteiger partial charge < -0.3 is 14.0 Å². The summed E-state index contributed by atoms with van der Waals surface area (Å²) in [5, 5.41) is 0.475. The van der Waals surface area contributed by atoms with E-state index < -0.39 is 23.5 Å². The van der Waals surface area contributed by atoms with E-state index >= 15 is 0 Å². The van der Waals surface area contributed by atoms with Gasteiger partial charge in [-0.05, 0) is 24.3 Å². The number of hydrogen-bond donors (Lipinski definition) is 0. The number of hydrogen-bond acceptors (Lipinski definition) is 4. The van der Waals surface area contributed by atoms with Crippen molar-refractivity contribution in [2.75, 3.05) is 13.7 Å². The smallest absolute Gasteiger partial charge is 0.454 e. The molecule has 0 atom stereocenters. The van der Waals surface area contributed by atoms with E-state index in [1.807, 2.05) is 0 Å². The van der Waals surface area contributed by atoms with Crippen molar-refractivity contribution >= 4 is 34.3 Å². The van der Waals surface area contributed by atoms with Crippen LogP contribution >= 0.6 is 11.6 Å². The van der Waals surface area contributed by atoms with E-state index in [4.69, 9.17) is 16.3 Å². The van der Waals surface area contributed by atoms with Gasteiger partial charge in [-0.15, -0.1) is 0 Å². The maximum atomic E-state index is 13.0. The van der Waals surface area contributed by atoms with Crippen LogP contribution in [0.3, 0.4) is 0 Å². The van der Waals surface area contributed by atoms with Gasteiger partial charge in [0.05, 0.1) is 29.8 Å². The van der Waals surface area contributed by atoms with Crippen molar-refractivity contribution in [1.29, 1.82) is 0 Å². The Morgan fingerprint density at radius 1 is 1.14 bits per heavy atom. The Hall–Kier alpha value is -3.00. The van der Waals surface area contributed by atoms with Crippen molar-refractivity contribution in [3.05, 3.63) is 64.8 Å². The molecule has 0 bridgehead atoms. The topological polar surface area (TPSA) is 57.5 Å². The van der Waals surface area contributed by atoms with Crippen LogP contribution in [0.15, 0.2) is 48.7 Å². The average molecular weight is 426 g/mol. The van der Waals surface area contributed by atoms with Crippen molar-refractivity contribution in [3.8, 4) is 5.75 Å². The summed E-state index contributed by atoms with van der Waals surface area (Å²) in [6.45, 7) is 0.201. The normalized spacial score (nSPS) is 11.5. The Balaban J connectivity index is 1.96. The van der Waals surface area contributed by atoms with E-state index in [1.165, 1.54) is 29.9 Å². The Morgan fingerprint density at radius 3 is 2.52 bits per heavy atom. The van der Waals surface area contributed by atoms with Crippen molar-refractivity contribution < 1.29 is 32.2 Å². The van der Waals surface area contributed by atoms with E-state index in [9.17, 15) is 22.8 Å². The quantitative estimate of drug-likeness (QED) is 0.416. The third kappa shape index (κ3) is 4.37. The molecule has 3 rings (SSSR count). The van der Waals surface area contributed by atoms with Gasteiger partial charge in [0.15, 0.2) is 0 Å². The number of ether oxygens (including phenoxy) is 2. The molecule has 0 fully saturated rings. The first-order valence-electron chi connectivity index (χ1n) is 8.42. The first kappa shape index (κ1) is 20.7.